The van der Waals surface area contributed by atoms with Gasteiger partial charge in [0.2, 0.25) is 0 Å². The molecule has 0 saturated heterocycles. The zero-order valence-electron chi connectivity index (χ0n) is 12.0. The van der Waals surface area contributed by atoms with Crippen LogP contribution in [0.4, 0.5) is 0 Å². The van der Waals surface area contributed by atoms with Gasteiger partial charge in [-0.2, -0.15) is 0 Å². The first-order valence-corrected chi connectivity index (χ1v) is 6.88. The van der Waals surface area contributed by atoms with Crippen LogP contribution in [0.15, 0.2) is 24.4 Å². The first kappa shape index (κ1) is 13.2. The lowest BCUT2D eigenvalue weighted by molar-refractivity contribution is 0.619. The molecule has 0 aliphatic rings. The van der Waals surface area contributed by atoms with Gasteiger partial charge in [0, 0.05) is 23.1 Å². The normalized spacial score (nSPS) is 11.6. The van der Waals surface area contributed by atoms with Crippen molar-refractivity contribution in [2.75, 3.05) is 13.6 Å². The van der Waals surface area contributed by atoms with Crippen LogP contribution in [0.2, 0.25) is 0 Å². The van der Waals surface area contributed by atoms with Gasteiger partial charge >= 0.3 is 0 Å². The maximum absolute atomic E-state index is 3.22. The number of benzene rings is 1. The van der Waals surface area contributed by atoms with E-state index >= 15 is 0 Å². The van der Waals surface area contributed by atoms with Gasteiger partial charge in [-0.05, 0) is 64.4 Å². The summed E-state index contributed by atoms with van der Waals surface area (Å²) in [6, 6.07) is 7.32. The van der Waals surface area contributed by atoms with Crippen LogP contribution >= 0.6 is 0 Å². The van der Waals surface area contributed by atoms with Gasteiger partial charge in [0.1, 0.15) is 0 Å². The van der Waals surface area contributed by atoms with Crippen LogP contribution in [0.1, 0.15) is 37.4 Å². The molecule has 0 aliphatic heterocycles. The number of hydrogen-bond donors (Lipinski definition) is 1. The summed E-state index contributed by atoms with van der Waals surface area (Å²) >= 11 is 0. The molecule has 0 aliphatic carbocycles. The molecular formula is C16H24N2. The summed E-state index contributed by atoms with van der Waals surface area (Å²) in [6.07, 6.45) is 4.69. The Balaban J connectivity index is 2.41. The van der Waals surface area contributed by atoms with Crippen molar-refractivity contribution in [1.82, 2.24) is 9.88 Å². The molecular weight excluding hydrogens is 220 g/mol. The van der Waals surface area contributed by atoms with Crippen molar-refractivity contribution in [3.05, 3.63) is 35.5 Å². The molecule has 2 nitrogen and oxygen atoms in total. The van der Waals surface area contributed by atoms with E-state index in [1.54, 1.807) is 0 Å². The molecule has 1 aromatic heterocycles. The molecule has 1 heterocycles. The summed E-state index contributed by atoms with van der Waals surface area (Å²) in [7, 11) is 2.01. The van der Waals surface area contributed by atoms with E-state index in [4.69, 9.17) is 0 Å². The number of aromatic nitrogens is 1. The number of aryl methyl sites for hydroxylation is 2. The van der Waals surface area contributed by atoms with E-state index in [0.717, 1.165) is 13.0 Å². The van der Waals surface area contributed by atoms with Crippen molar-refractivity contribution >= 4 is 10.9 Å². The highest BCUT2D eigenvalue weighted by atomic mass is 15.0. The van der Waals surface area contributed by atoms with Gasteiger partial charge in [-0.25, -0.2) is 0 Å². The van der Waals surface area contributed by atoms with Crippen molar-refractivity contribution in [1.29, 1.82) is 0 Å². The van der Waals surface area contributed by atoms with E-state index in [9.17, 15) is 0 Å². The van der Waals surface area contributed by atoms with E-state index < -0.39 is 0 Å². The Morgan fingerprint density at radius 1 is 1.28 bits per heavy atom. The van der Waals surface area contributed by atoms with Gasteiger partial charge in [0.25, 0.3) is 0 Å². The SMILES string of the molecule is CNCCCc1cn(C(C)C)c2cc(C)ccc12. The number of nitrogens with zero attached hydrogens (tertiary/aromatic N) is 1. The van der Waals surface area contributed by atoms with Crippen molar-refractivity contribution in [3.8, 4) is 0 Å². The molecule has 0 atom stereocenters. The smallest absolute Gasteiger partial charge is 0.0488 e. The second-order valence-corrected chi connectivity index (χ2v) is 5.38. The lowest BCUT2D eigenvalue weighted by atomic mass is 10.1. The minimum atomic E-state index is 0.521. The van der Waals surface area contributed by atoms with Crippen LogP contribution in [-0.4, -0.2) is 18.2 Å². The number of nitrogens with one attached hydrogen (secondary N) is 1. The summed E-state index contributed by atoms with van der Waals surface area (Å²) in [5, 5.41) is 4.64. The zero-order chi connectivity index (χ0) is 13.1. The molecule has 98 valence electrons. The van der Waals surface area contributed by atoms with Crippen molar-refractivity contribution < 1.29 is 0 Å². The van der Waals surface area contributed by atoms with E-state index in [1.165, 1.54) is 28.5 Å². The van der Waals surface area contributed by atoms with E-state index in [1.807, 2.05) is 7.05 Å². The minimum Gasteiger partial charge on any atom is -0.345 e. The molecule has 0 bridgehead atoms. The molecule has 2 heteroatoms. The van der Waals surface area contributed by atoms with E-state index in [-0.39, 0.29) is 0 Å². The fourth-order valence-electron chi connectivity index (χ4n) is 2.52. The van der Waals surface area contributed by atoms with Crippen LogP contribution in [0.3, 0.4) is 0 Å². The van der Waals surface area contributed by atoms with Gasteiger partial charge in [0.15, 0.2) is 0 Å². The Bertz CT molecular complexity index is 523. The van der Waals surface area contributed by atoms with Gasteiger partial charge in [0.05, 0.1) is 0 Å². The topological polar surface area (TPSA) is 17.0 Å². The molecule has 0 spiro atoms. The second-order valence-electron chi connectivity index (χ2n) is 5.38. The highest BCUT2D eigenvalue weighted by Crippen LogP contribution is 2.26. The van der Waals surface area contributed by atoms with Crippen LogP contribution < -0.4 is 5.32 Å². The minimum absolute atomic E-state index is 0.521. The summed E-state index contributed by atoms with van der Waals surface area (Å²) in [5.41, 5.74) is 4.20. The maximum atomic E-state index is 3.22. The molecule has 0 amide bonds. The quantitative estimate of drug-likeness (QED) is 0.794. The van der Waals surface area contributed by atoms with Crippen LogP contribution in [-0.2, 0) is 6.42 Å². The van der Waals surface area contributed by atoms with Gasteiger partial charge < -0.3 is 9.88 Å². The van der Waals surface area contributed by atoms with Crippen molar-refractivity contribution in [2.24, 2.45) is 0 Å². The van der Waals surface area contributed by atoms with Gasteiger partial charge in [-0.15, -0.1) is 0 Å². The molecule has 0 unspecified atom stereocenters. The average Bonchev–Trinajstić information content (AvgIpc) is 2.68. The lowest BCUT2D eigenvalue weighted by Gasteiger charge is -2.09. The Hall–Kier alpha value is -1.28. The highest BCUT2D eigenvalue weighted by Gasteiger charge is 2.10. The van der Waals surface area contributed by atoms with Gasteiger partial charge in [-0.1, -0.05) is 12.1 Å². The molecule has 2 rings (SSSR count). The molecule has 2 aromatic rings. The summed E-state index contributed by atoms with van der Waals surface area (Å²) in [5.74, 6) is 0. The van der Waals surface area contributed by atoms with E-state index in [0.29, 0.717) is 6.04 Å². The summed E-state index contributed by atoms with van der Waals surface area (Å²) in [4.78, 5) is 0. The van der Waals surface area contributed by atoms with Crippen LogP contribution in [0.25, 0.3) is 10.9 Å². The standard InChI is InChI=1S/C16H24N2/c1-12(2)18-11-14(6-5-9-17-4)15-8-7-13(3)10-16(15)18/h7-8,10-12,17H,5-6,9H2,1-4H3. The Labute approximate surface area is 110 Å². The summed E-state index contributed by atoms with van der Waals surface area (Å²) < 4.78 is 2.40. The fraction of sp³-hybridized carbons (Fsp3) is 0.500. The van der Waals surface area contributed by atoms with Gasteiger partial charge in [-0.3, -0.25) is 0 Å². The Morgan fingerprint density at radius 3 is 2.72 bits per heavy atom. The first-order valence-electron chi connectivity index (χ1n) is 6.88. The molecule has 0 saturated carbocycles. The third-order valence-electron chi connectivity index (χ3n) is 3.50. The van der Waals surface area contributed by atoms with Crippen LogP contribution in [0, 0.1) is 6.92 Å². The Kier molecular flexibility index (Phi) is 4.07. The lowest BCUT2D eigenvalue weighted by Crippen LogP contribution is -2.08. The highest BCUT2D eigenvalue weighted by molar-refractivity contribution is 5.84. The third-order valence-corrected chi connectivity index (χ3v) is 3.50. The second kappa shape index (κ2) is 5.57. The maximum Gasteiger partial charge on any atom is 0.0488 e. The molecule has 1 N–H and O–H groups in total. The van der Waals surface area contributed by atoms with Crippen molar-refractivity contribution in [3.63, 3.8) is 0 Å². The number of fused-ring (bicyclic) bond motifs is 1. The Morgan fingerprint density at radius 2 is 2.06 bits per heavy atom. The third kappa shape index (κ3) is 2.59. The first-order chi connectivity index (χ1) is 8.63. The number of rotatable bonds is 5. The molecule has 0 radical (unpaired) electrons. The monoisotopic (exact) mass is 244 g/mol. The molecule has 1 aromatic carbocycles. The predicted octanol–water partition coefficient (Wildman–Crippen LogP) is 3.68. The largest absolute Gasteiger partial charge is 0.345 e. The fourth-order valence-corrected chi connectivity index (χ4v) is 2.52. The number of hydrogen-bond acceptors (Lipinski definition) is 1. The van der Waals surface area contributed by atoms with Crippen molar-refractivity contribution in [2.45, 2.75) is 39.7 Å². The van der Waals surface area contributed by atoms with Crippen LogP contribution in [0.5, 0.6) is 0 Å². The van der Waals surface area contributed by atoms with E-state index in [2.05, 4.69) is 55.1 Å². The zero-order valence-corrected chi connectivity index (χ0v) is 12.0. The molecule has 0 fully saturated rings. The predicted molar refractivity (Wildman–Crippen MR) is 79.3 cm³/mol. The summed E-state index contributed by atoms with van der Waals surface area (Å²) in [6.45, 7) is 7.75. The average molecular weight is 244 g/mol. The molecule has 18 heavy (non-hydrogen) atoms.